The van der Waals surface area contributed by atoms with Crippen molar-refractivity contribution in [3.05, 3.63) is 45.2 Å². The number of hydrogen-bond donors (Lipinski definition) is 2. The zero-order valence-corrected chi connectivity index (χ0v) is 13.5. The van der Waals surface area contributed by atoms with Crippen molar-refractivity contribution in [2.75, 3.05) is 4.72 Å². The number of hydrogen-bond acceptors (Lipinski definition) is 4. The molecule has 2 rings (SSSR count). The van der Waals surface area contributed by atoms with Gasteiger partial charge >= 0.3 is 5.97 Å². The van der Waals surface area contributed by atoms with E-state index in [0.717, 1.165) is 11.3 Å². The van der Waals surface area contributed by atoms with Crippen LogP contribution in [0.15, 0.2) is 38.3 Å². The van der Waals surface area contributed by atoms with E-state index in [2.05, 4.69) is 20.7 Å². The van der Waals surface area contributed by atoms with Gasteiger partial charge in [-0.05, 0) is 58.1 Å². The van der Waals surface area contributed by atoms with Gasteiger partial charge in [0.1, 0.15) is 0 Å². The van der Waals surface area contributed by atoms with E-state index < -0.39 is 16.0 Å². The summed E-state index contributed by atoms with van der Waals surface area (Å²) < 4.78 is 27.5. The van der Waals surface area contributed by atoms with Gasteiger partial charge in [-0.25, -0.2) is 13.2 Å². The maximum Gasteiger partial charge on any atom is 0.335 e. The minimum atomic E-state index is -3.68. The number of carboxylic acids is 1. The van der Waals surface area contributed by atoms with E-state index in [4.69, 9.17) is 5.11 Å². The maximum atomic E-state index is 12.2. The third-order valence-electron chi connectivity index (χ3n) is 2.55. The second kappa shape index (κ2) is 5.55. The fourth-order valence-corrected chi connectivity index (χ4v) is 5.04. The normalized spacial score (nSPS) is 11.3. The van der Waals surface area contributed by atoms with Crippen LogP contribution >= 0.6 is 27.3 Å². The van der Waals surface area contributed by atoms with Crippen molar-refractivity contribution in [2.24, 2.45) is 0 Å². The van der Waals surface area contributed by atoms with Gasteiger partial charge in [-0.15, -0.1) is 11.3 Å². The van der Waals surface area contributed by atoms with Crippen molar-refractivity contribution in [2.45, 2.75) is 11.1 Å². The lowest BCUT2D eigenvalue weighted by molar-refractivity contribution is 0.0697. The molecular formula is C12H10BrNO4S2. The number of nitrogens with one attached hydrogen (secondary N) is 1. The molecule has 0 bridgehead atoms. The Morgan fingerprint density at radius 3 is 2.55 bits per heavy atom. The lowest BCUT2D eigenvalue weighted by Crippen LogP contribution is -2.13. The van der Waals surface area contributed by atoms with Crippen molar-refractivity contribution in [1.82, 2.24) is 0 Å². The van der Waals surface area contributed by atoms with E-state index in [-0.39, 0.29) is 9.77 Å². The topological polar surface area (TPSA) is 83.5 Å². The Morgan fingerprint density at radius 1 is 1.35 bits per heavy atom. The van der Waals surface area contributed by atoms with E-state index in [1.54, 1.807) is 18.4 Å². The molecule has 0 saturated carbocycles. The van der Waals surface area contributed by atoms with Crippen molar-refractivity contribution < 1.29 is 18.3 Å². The fraction of sp³-hybridized carbons (Fsp3) is 0.0833. The van der Waals surface area contributed by atoms with Crippen LogP contribution in [0, 0.1) is 6.92 Å². The average Bonchev–Trinajstić information content (AvgIpc) is 2.78. The SMILES string of the molecule is Cc1cc(C(=O)O)ccc1NS(=O)(=O)c1sccc1Br. The predicted octanol–water partition coefficient (Wildman–Crippen LogP) is 3.32. The van der Waals surface area contributed by atoms with Gasteiger partial charge < -0.3 is 5.11 Å². The number of sulfonamides is 1. The molecule has 5 nitrogen and oxygen atoms in total. The summed E-state index contributed by atoms with van der Waals surface area (Å²) >= 11 is 4.28. The second-order valence-electron chi connectivity index (χ2n) is 4.00. The quantitative estimate of drug-likeness (QED) is 0.858. The highest BCUT2D eigenvalue weighted by molar-refractivity contribution is 9.10. The number of benzene rings is 1. The summed E-state index contributed by atoms with van der Waals surface area (Å²) in [4.78, 5) is 10.8. The average molecular weight is 376 g/mol. The predicted molar refractivity (Wildman–Crippen MR) is 81.0 cm³/mol. The maximum absolute atomic E-state index is 12.2. The van der Waals surface area contributed by atoms with Crippen molar-refractivity contribution in [3.8, 4) is 0 Å². The largest absolute Gasteiger partial charge is 0.478 e. The molecule has 8 heteroatoms. The number of carbonyl (C=O) groups is 1. The number of halogens is 1. The highest BCUT2D eigenvalue weighted by Gasteiger charge is 2.20. The number of aromatic carboxylic acids is 1. The summed E-state index contributed by atoms with van der Waals surface area (Å²) in [7, 11) is -3.68. The Hall–Kier alpha value is -1.38. The lowest BCUT2D eigenvalue weighted by atomic mass is 10.1. The van der Waals surface area contributed by atoms with Crippen LogP contribution in [0.5, 0.6) is 0 Å². The smallest absolute Gasteiger partial charge is 0.335 e. The molecule has 0 fully saturated rings. The molecule has 0 radical (unpaired) electrons. The van der Waals surface area contributed by atoms with Gasteiger partial charge in [0.15, 0.2) is 4.21 Å². The number of aryl methyl sites for hydroxylation is 1. The highest BCUT2D eigenvalue weighted by Crippen LogP contribution is 2.30. The van der Waals surface area contributed by atoms with Gasteiger partial charge in [-0.2, -0.15) is 0 Å². The highest BCUT2D eigenvalue weighted by atomic mass is 79.9. The molecule has 0 amide bonds. The first-order valence-corrected chi connectivity index (χ1v) is 8.56. The molecule has 0 aliphatic carbocycles. The summed E-state index contributed by atoms with van der Waals surface area (Å²) in [6.07, 6.45) is 0. The van der Waals surface area contributed by atoms with Crippen molar-refractivity contribution >= 4 is 48.9 Å². The molecule has 0 spiro atoms. The minimum absolute atomic E-state index is 0.114. The molecule has 2 aromatic rings. The molecule has 0 aliphatic heterocycles. The Balaban J connectivity index is 2.36. The minimum Gasteiger partial charge on any atom is -0.478 e. The molecule has 0 aliphatic rings. The van der Waals surface area contributed by atoms with Crippen molar-refractivity contribution in [3.63, 3.8) is 0 Å². The van der Waals surface area contributed by atoms with Crippen molar-refractivity contribution in [1.29, 1.82) is 0 Å². The molecule has 0 unspecified atom stereocenters. The standard InChI is InChI=1S/C12H10BrNO4S2/c1-7-6-8(11(15)16)2-3-10(7)14-20(17,18)12-9(13)4-5-19-12/h2-6,14H,1H3,(H,15,16). The van der Waals surface area contributed by atoms with E-state index in [9.17, 15) is 13.2 Å². The van der Waals surface area contributed by atoms with Crippen LogP contribution in [0.2, 0.25) is 0 Å². The molecule has 2 N–H and O–H groups in total. The van der Waals surface area contributed by atoms with Crippen LogP contribution in [0.1, 0.15) is 15.9 Å². The molecule has 0 atom stereocenters. The number of thiophene rings is 1. The van der Waals surface area contributed by atoms with Gasteiger partial charge in [-0.1, -0.05) is 0 Å². The summed E-state index contributed by atoms with van der Waals surface area (Å²) in [5.74, 6) is -1.05. The Morgan fingerprint density at radius 2 is 2.05 bits per heavy atom. The number of carboxylic acid groups (broad SMARTS) is 1. The van der Waals surface area contributed by atoms with Gasteiger partial charge in [-0.3, -0.25) is 4.72 Å². The first-order valence-electron chi connectivity index (χ1n) is 5.41. The summed E-state index contributed by atoms with van der Waals surface area (Å²) in [5.41, 5.74) is 1.01. The van der Waals surface area contributed by atoms with Crippen LogP contribution in [0.25, 0.3) is 0 Å². The zero-order valence-electron chi connectivity index (χ0n) is 10.3. The lowest BCUT2D eigenvalue weighted by Gasteiger charge is -2.10. The van der Waals surface area contributed by atoms with E-state index in [1.807, 2.05) is 0 Å². The number of anilines is 1. The fourth-order valence-electron chi connectivity index (χ4n) is 1.57. The van der Waals surface area contributed by atoms with Crippen LogP contribution in [0.4, 0.5) is 5.69 Å². The molecular weight excluding hydrogens is 366 g/mol. The zero-order chi connectivity index (χ0) is 14.9. The van der Waals surface area contributed by atoms with Crippen LogP contribution in [-0.4, -0.2) is 19.5 Å². The molecule has 1 aromatic heterocycles. The van der Waals surface area contributed by atoms with E-state index in [1.165, 1.54) is 18.2 Å². The third kappa shape index (κ3) is 3.02. The van der Waals surface area contributed by atoms with Gasteiger partial charge in [0.2, 0.25) is 0 Å². The Labute approximate surface area is 128 Å². The molecule has 20 heavy (non-hydrogen) atoms. The van der Waals surface area contributed by atoms with Gasteiger partial charge in [0.25, 0.3) is 10.0 Å². The van der Waals surface area contributed by atoms with Gasteiger partial charge in [0, 0.05) is 4.47 Å². The van der Waals surface area contributed by atoms with Gasteiger partial charge in [0.05, 0.1) is 11.3 Å². The number of rotatable bonds is 4. The molecule has 0 saturated heterocycles. The summed E-state index contributed by atoms with van der Waals surface area (Å²) in [5, 5.41) is 10.5. The molecule has 106 valence electrons. The third-order valence-corrected chi connectivity index (χ3v) is 6.58. The Kier molecular flexibility index (Phi) is 4.17. The van der Waals surface area contributed by atoms with E-state index in [0.29, 0.717) is 15.7 Å². The monoisotopic (exact) mass is 375 g/mol. The molecule has 1 aromatic carbocycles. The van der Waals surface area contributed by atoms with Crippen LogP contribution < -0.4 is 4.72 Å². The first kappa shape index (κ1) is 15.0. The van der Waals surface area contributed by atoms with E-state index >= 15 is 0 Å². The Bertz CT molecular complexity index is 768. The first-order chi connectivity index (χ1) is 9.31. The van der Waals surface area contributed by atoms with Crippen LogP contribution in [-0.2, 0) is 10.0 Å². The van der Waals surface area contributed by atoms with Crippen LogP contribution in [0.3, 0.4) is 0 Å². The summed E-state index contributed by atoms with van der Waals surface area (Å²) in [6, 6.07) is 5.87. The second-order valence-corrected chi connectivity index (χ2v) is 7.64. The molecule has 1 heterocycles. The summed E-state index contributed by atoms with van der Waals surface area (Å²) in [6.45, 7) is 1.65.